The lowest BCUT2D eigenvalue weighted by atomic mass is 9.87. The first kappa shape index (κ1) is 11.5. The summed E-state index contributed by atoms with van der Waals surface area (Å²) in [6, 6.07) is 0. The highest BCUT2D eigenvalue weighted by Crippen LogP contribution is 2.22. The molecule has 2 nitrogen and oxygen atoms in total. The van der Waals surface area contributed by atoms with Crippen LogP contribution in [0.15, 0.2) is 0 Å². The van der Waals surface area contributed by atoms with E-state index in [1.807, 2.05) is 0 Å². The quantitative estimate of drug-likeness (QED) is 0.588. The van der Waals surface area contributed by atoms with E-state index in [-0.39, 0.29) is 0 Å². The smallest absolute Gasteiger partial charge is 0.417 e. The SMILES string of the molecule is CCC(CC)C(CC)CO[C]=O. The normalized spacial score (nSPS) is 13.0. The van der Waals surface area contributed by atoms with Crippen LogP contribution in [-0.2, 0) is 9.53 Å². The van der Waals surface area contributed by atoms with Crippen LogP contribution in [0, 0.1) is 11.8 Å². The van der Waals surface area contributed by atoms with Crippen molar-refractivity contribution in [2.75, 3.05) is 6.61 Å². The molecular weight excluding hydrogens is 152 g/mol. The van der Waals surface area contributed by atoms with Crippen LogP contribution in [0.2, 0.25) is 0 Å². The second-order valence-electron chi connectivity index (χ2n) is 3.14. The van der Waals surface area contributed by atoms with E-state index in [9.17, 15) is 4.79 Å². The number of hydrogen-bond donors (Lipinski definition) is 0. The van der Waals surface area contributed by atoms with Gasteiger partial charge in [-0.25, -0.2) is 4.79 Å². The molecule has 0 aliphatic rings. The van der Waals surface area contributed by atoms with E-state index in [2.05, 4.69) is 25.5 Å². The second kappa shape index (κ2) is 7.14. The van der Waals surface area contributed by atoms with Gasteiger partial charge in [0.2, 0.25) is 0 Å². The fraction of sp³-hybridized carbons (Fsp3) is 0.900. The van der Waals surface area contributed by atoms with Crippen molar-refractivity contribution in [1.82, 2.24) is 0 Å². The van der Waals surface area contributed by atoms with Gasteiger partial charge in [-0.15, -0.1) is 0 Å². The molecule has 71 valence electrons. The largest absolute Gasteiger partial charge is 0.457 e. The summed E-state index contributed by atoms with van der Waals surface area (Å²) in [6.07, 6.45) is 3.41. The van der Waals surface area contributed by atoms with E-state index in [0.717, 1.165) is 19.3 Å². The van der Waals surface area contributed by atoms with Crippen molar-refractivity contribution in [2.45, 2.75) is 40.0 Å². The van der Waals surface area contributed by atoms with Crippen LogP contribution in [0.4, 0.5) is 0 Å². The van der Waals surface area contributed by atoms with Gasteiger partial charge in [-0.3, -0.25) is 0 Å². The van der Waals surface area contributed by atoms with Crippen LogP contribution >= 0.6 is 0 Å². The summed E-state index contributed by atoms with van der Waals surface area (Å²) >= 11 is 0. The molecule has 0 saturated heterocycles. The molecule has 0 aromatic rings. The Hall–Kier alpha value is -0.530. The summed E-state index contributed by atoms with van der Waals surface area (Å²) in [6.45, 7) is 8.52. The zero-order valence-electron chi connectivity index (χ0n) is 8.30. The van der Waals surface area contributed by atoms with Crippen molar-refractivity contribution in [1.29, 1.82) is 0 Å². The molecule has 0 aromatic heterocycles. The molecule has 1 atom stereocenters. The van der Waals surface area contributed by atoms with E-state index < -0.39 is 0 Å². The molecule has 0 amide bonds. The van der Waals surface area contributed by atoms with E-state index in [1.165, 1.54) is 6.47 Å². The fourth-order valence-corrected chi connectivity index (χ4v) is 1.68. The summed E-state index contributed by atoms with van der Waals surface area (Å²) in [5, 5.41) is 0. The predicted octanol–water partition coefficient (Wildman–Crippen LogP) is 2.53. The molecule has 0 aliphatic carbocycles. The highest BCUT2D eigenvalue weighted by atomic mass is 16.5. The third kappa shape index (κ3) is 3.74. The van der Waals surface area contributed by atoms with Gasteiger partial charge in [0.1, 0.15) is 0 Å². The molecule has 0 aliphatic heterocycles. The van der Waals surface area contributed by atoms with Crippen LogP contribution in [0.3, 0.4) is 0 Å². The fourth-order valence-electron chi connectivity index (χ4n) is 1.68. The Bertz CT molecular complexity index is 108. The van der Waals surface area contributed by atoms with E-state index >= 15 is 0 Å². The Balaban J connectivity index is 3.83. The zero-order chi connectivity index (χ0) is 9.40. The summed E-state index contributed by atoms with van der Waals surface area (Å²) in [5.41, 5.74) is 0. The van der Waals surface area contributed by atoms with Crippen molar-refractivity contribution in [3.05, 3.63) is 0 Å². The Morgan fingerprint density at radius 2 is 1.58 bits per heavy atom. The summed E-state index contributed by atoms with van der Waals surface area (Å²) in [7, 11) is 0. The maximum Gasteiger partial charge on any atom is 0.417 e. The molecule has 1 radical (unpaired) electrons. The van der Waals surface area contributed by atoms with Crippen molar-refractivity contribution < 1.29 is 9.53 Å². The first-order chi connectivity index (χ1) is 5.79. The standard InChI is InChI=1S/C10H19O2/c1-4-9(5-2)10(6-3)7-12-8-11/h9-10H,4-7H2,1-3H3. The minimum absolute atomic E-state index is 0.515. The average molecular weight is 171 g/mol. The third-order valence-electron chi connectivity index (χ3n) is 2.60. The lowest BCUT2D eigenvalue weighted by molar-refractivity contribution is 0.166. The summed E-state index contributed by atoms with van der Waals surface area (Å²) in [4.78, 5) is 9.88. The number of rotatable bonds is 7. The Morgan fingerprint density at radius 1 is 1.08 bits per heavy atom. The molecular formula is C10H19O2. The number of carbonyl (C=O) groups excluding carboxylic acids is 1. The zero-order valence-corrected chi connectivity index (χ0v) is 8.30. The first-order valence-corrected chi connectivity index (χ1v) is 4.78. The topological polar surface area (TPSA) is 26.3 Å². The highest BCUT2D eigenvalue weighted by molar-refractivity contribution is 5.38. The van der Waals surface area contributed by atoms with Gasteiger partial charge in [0.05, 0.1) is 6.61 Å². The molecule has 12 heavy (non-hydrogen) atoms. The molecule has 0 aromatic carbocycles. The van der Waals surface area contributed by atoms with E-state index in [1.54, 1.807) is 0 Å². The van der Waals surface area contributed by atoms with Gasteiger partial charge in [-0.05, 0) is 18.3 Å². The van der Waals surface area contributed by atoms with Crippen LogP contribution in [0.5, 0.6) is 0 Å². The number of ether oxygens (including phenoxy) is 1. The molecule has 2 heteroatoms. The van der Waals surface area contributed by atoms with Crippen molar-refractivity contribution >= 4 is 6.47 Å². The molecule has 0 rings (SSSR count). The maximum atomic E-state index is 9.88. The second-order valence-corrected chi connectivity index (χ2v) is 3.14. The first-order valence-electron chi connectivity index (χ1n) is 4.78. The van der Waals surface area contributed by atoms with Crippen LogP contribution < -0.4 is 0 Å². The lowest BCUT2D eigenvalue weighted by Crippen LogP contribution is -2.18. The summed E-state index contributed by atoms with van der Waals surface area (Å²) < 4.78 is 4.67. The molecule has 0 heterocycles. The molecule has 0 N–H and O–H groups in total. The Labute approximate surface area is 75.3 Å². The Morgan fingerprint density at radius 3 is 1.92 bits per heavy atom. The summed E-state index contributed by atoms with van der Waals surface area (Å²) in [5.74, 6) is 1.20. The highest BCUT2D eigenvalue weighted by Gasteiger charge is 2.16. The maximum absolute atomic E-state index is 9.88. The predicted molar refractivity (Wildman–Crippen MR) is 49.5 cm³/mol. The van der Waals surface area contributed by atoms with Gasteiger partial charge in [0, 0.05) is 0 Å². The van der Waals surface area contributed by atoms with E-state index in [0.29, 0.717) is 18.4 Å². The van der Waals surface area contributed by atoms with Crippen LogP contribution in [0.25, 0.3) is 0 Å². The van der Waals surface area contributed by atoms with Gasteiger partial charge >= 0.3 is 6.47 Å². The van der Waals surface area contributed by atoms with Crippen LogP contribution in [0.1, 0.15) is 40.0 Å². The monoisotopic (exact) mass is 171 g/mol. The molecule has 0 saturated carbocycles. The number of hydrogen-bond acceptors (Lipinski definition) is 2. The average Bonchev–Trinajstić information content (AvgIpc) is 2.12. The van der Waals surface area contributed by atoms with Gasteiger partial charge in [0.25, 0.3) is 0 Å². The van der Waals surface area contributed by atoms with Gasteiger partial charge < -0.3 is 4.74 Å². The van der Waals surface area contributed by atoms with Gasteiger partial charge in [-0.1, -0.05) is 33.6 Å². The third-order valence-corrected chi connectivity index (χ3v) is 2.60. The van der Waals surface area contributed by atoms with E-state index in [4.69, 9.17) is 0 Å². The van der Waals surface area contributed by atoms with Crippen molar-refractivity contribution in [2.24, 2.45) is 11.8 Å². The van der Waals surface area contributed by atoms with Gasteiger partial charge in [-0.2, -0.15) is 0 Å². The molecule has 0 fully saturated rings. The minimum atomic E-state index is 0.515. The molecule has 0 bridgehead atoms. The van der Waals surface area contributed by atoms with Crippen molar-refractivity contribution in [3.63, 3.8) is 0 Å². The lowest BCUT2D eigenvalue weighted by Gasteiger charge is -2.22. The molecule has 0 spiro atoms. The van der Waals surface area contributed by atoms with Crippen molar-refractivity contribution in [3.8, 4) is 0 Å². The minimum Gasteiger partial charge on any atom is -0.457 e. The Kier molecular flexibility index (Phi) is 6.82. The van der Waals surface area contributed by atoms with Crippen LogP contribution in [-0.4, -0.2) is 13.1 Å². The molecule has 1 unspecified atom stereocenters. The van der Waals surface area contributed by atoms with Gasteiger partial charge in [0.15, 0.2) is 0 Å².